The third-order valence-electron chi connectivity index (χ3n) is 8.75. The van der Waals surface area contributed by atoms with Crippen molar-refractivity contribution >= 4 is 17.3 Å². The highest BCUT2D eigenvalue weighted by Crippen LogP contribution is 2.35. The van der Waals surface area contributed by atoms with Gasteiger partial charge in [-0.05, 0) is 77.6 Å². The average Bonchev–Trinajstić information content (AvgIpc) is 3.38. The van der Waals surface area contributed by atoms with E-state index in [9.17, 15) is 18.3 Å². The minimum Gasteiger partial charge on any atom is -0.489 e. The van der Waals surface area contributed by atoms with E-state index in [0.717, 1.165) is 66.1 Å². The van der Waals surface area contributed by atoms with Gasteiger partial charge in [-0.1, -0.05) is 0 Å². The molecule has 0 spiro atoms. The van der Waals surface area contributed by atoms with Crippen LogP contribution in [0.4, 0.5) is 30.5 Å². The Balaban J connectivity index is 1.23. The van der Waals surface area contributed by atoms with Crippen LogP contribution in [0, 0.1) is 6.92 Å². The van der Waals surface area contributed by atoms with Crippen molar-refractivity contribution < 1.29 is 23.0 Å². The molecule has 1 saturated heterocycles. The molecule has 2 aliphatic rings. The molecule has 250 valence electrons. The van der Waals surface area contributed by atoms with Crippen molar-refractivity contribution in [1.29, 1.82) is 0 Å². The van der Waals surface area contributed by atoms with Gasteiger partial charge in [-0.2, -0.15) is 18.3 Å². The lowest BCUT2D eigenvalue weighted by Gasteiger charge is -2.34. The largest absolute Gasteiger partial charge is 0.489 e. The average molecular weight is 652 g/mol. The summed E-state index contributed by atoms with van der Waals surface area (Å²) in [4.78, 5) is 20.5. The van der Waals surface area contributed by atoms with Crippen molar-refractivity contribution in [2.75, 3.05) is 30.8 Å². The Bertz CT molecular complexity index is 1660. The molecule has 0 bridgehead atoms. The summed E-state index contributed by atoms with van der Waals surface area (Å²) in [6.07, 6.45) is 7.09. The maximum atomic E-state index is 12.9. The quantitative estimate of drug-likeness (QED) is 0.199. The van der Waals surface area contributed by atoms with Crippen LogP contribution in [0.25, 0.3) is 22.6 Å². The summed E-state index contributed by atoms with van der Waals surface area (Å²) >= 11 is 0. The van der Waals surface area contributed by atoms with Crippen LogP contribution in [0.5, 0.6) is 5.75 Å². The van der Waals surface area contributed by atoms with E-state index < -0.39 is 18.3 Å². The standard InChI is InChI=1S/C33H40F3N9O2/c1-21-26(19-45(43-21)20-33(34,35)36)31-37-13-8-29(42-31)41-30-16-28(40-22-6-11-32(2,46)12-7-22)25(18-39-30)27-5-4-24(17-38-27)47-23-9-14-44(3)15-10-23/h4-5,8,13,16-19,22-23,46H,6-7,9-12,14-15,20H2,1-3H3,(H2,37,39,40,41,42). The smallest absolute Gasteiger partial charge is 0.408 e. The molecular weight excluding hydrogens is 611 g/mol. The Morgan fingerprint density at radius 1 is 1.00 bits per heavy atom. The number of halogens is 3. The number of ether oxygens (including phenoxy) is 1. The first-order valence-electron chi connectivity index (χ1n) is 15.9. The minimum atomic E-state index is -4.39. The molecule has 5 heterocycles. The molecule has 6 rings (SSSR count). The second-order valence-electron chi connectivity index (χ2n) is 12.9. The summed E-state index contributed by atoms with van der Waals surface area (Å²) in [5.74, 6) is 1.91. The SMILES string of the molecule is Cc1nn(CC(F)(F)F)cc1-c1nccc(Nc2cc(NC3CCC(C)(O)CC3)c(-c3ccc(OC4CCN(C)CC4)cn3)cn2)n1. The van der Waals surface area contributed by atoms with Crippen molar-refractivity contribution in [3.8, 4) is 28.4 Å². The van der Waals surface area contributed by atoms with E-state index in [1.54, 1.807) is 25.4 Å². The van der Waals surface area contributed by atoms with Crippen LogP contribution in [-0.2, 0) is 6.54 Å². The Morgan fingerprint density at radius 2 is 1.77 bits per heavy atom. The second kappa shape index (κ2) is 13.4. The highest BCUT2D eigenvalue weighted by atomic mass is 19.4. The zero-order valence-corrected chi connectivity index (χ0v) is 26.8. The van der Waals surface area contributed by atoms with E-state index in [1.807, 2.05) is 25.1 Å². The van der Waals surface area contributed by atoms with Crippen LogP contribution in [0.15, 0.2) is 49.1 Å². The van der Waals surface area contributed by atoms with Crippen LogP contribution in [0.1, 0.15) is 51.1 Å². The fraction of sp³-hybridized carbons (Fsp3) is 0.485. The number of hydrogen-bond acceptors (Lipinski definition) is 10. The van der Waals surface area contributed by atoms with Gasteiger partial charge in [-0.3, -0.25) is 9.67 Å². The molecule has 1 aliphatic carbocycles. The molecule has 0 unspecified atom stereocenters. The summed E-state index contributed by atoms with van der Waals surface area (Å²) in [7, 11) is 2.12. The maximum absolute atomic E-state index is 12.9. The third-order valence-corrected chi connectivity index (χ3v) is 8.75. The lowest BCUT2D eigenvalue weighted by Crippen LogP contribution is -2.35. The number of rotatable bonds is 9. The van der Waals surface area contributed by atoms with Gasteiger partial charge in [0, 0.05) is 55.0 Å². The maximum Gasteiger partial charge on any atom is 0.408 e. The lowest BCUT2D eigenvalue weighted by atomic mass is 9.83. The predicted octanol–water partition coefficient (Wildman–Crippen LogP) is 5.99. The molecule has 0 aromatic carbocycles. The molecule has 0 atom stereocenters. The summed E-state index contributed by atoms with van der Waals surface area (Å²) in [6, 6.07) is 7.58. The molecule has 2 fully saturated rings. The summed E-state index contributed by atoms with van der Waals surface area (Å²) < 4.78 is 45.8. The highest BCUT2D eigenvalue weighted by Gasteiger charge is 2.30. The molecule has 1 aliphatic heterocycles. The Hall–Kier alpha value is -4.30. The van der Waals surface area contributed by atoms with Crippen LogP contribution < -0.4 is 15.4 Å². The van der Waals surface area contributed by atoms with Crippen molar-refractivity contribution in [3.63, 3.8) is 0 Å². The number of pyridine rings is 2. The number of aryl methyl sites for hydroxylation is 1. The monoisotopic (exact) mass is 651 g/mol. The van der Waals surface area contributed by atoms with Crippen LogP contribution >= 0.6 is 0 Å². The summed E-state index contributed by atoms with van der Waals surface area (Å²) in [5.41, 5.74) is 2.51. The highest BCUT2D eigenvalue weighted by molar-refractivity contribution is 5.78. The van der Waals surface area contributed by atoms with Crippen molar-refractivity contribution in [1.82, 2.24) is 34.6 Å². The van der Waals surface area contributed by atoms with E-state index >= 15 is 0 Å². The van der Waals surface area contributed by atoms with E-state index in [1.165, 1.54) is 12.4 Å². The van der Waals surface area contributed by atoms with Crippen molar-refractivity contribution in [2.24, 2.45) is 0 Å². The van der Waals surface area contributed by atoms with E-state index in [4.69, 9.17) is 9.72 Å². The van der Waals surface area contributed by atoms with Gasteiger partial charge >= 0.3 is 6.18 Å². The van der Waals surface area contributed by atoms with Gasteiger partial charge < -0.3 is 25.4 Å². The van der Waals surface area contributed by atoms with Crippen LogP contribution in [0.2, 0.25) is 0 Å². The number of aliphatic hydroxyl groups is 1. The van der Waals surface area contributed by atoms with Gasteiger partial charge in [0.2, 0.25) is 0 Å². The van der Waals surface area contributed by atoms with Gasteiger partial charge in [0.25, 0.3) is 0 Å². The van der Waals surface area contributed by atoms with Gasteiger partial charge in [0.15, 0.2) is 5.82 Å². The number of nitrogens with one attached hydrogen (secondary N) is 2. The molecule has 1 saturated carbocycles. The Kier molecular flexibility index (Phi) is 9.33. The number of piperidine rings is 1. The molecule has 47 heavy (non-hydrogen) atoms. The van der Waals surface area contributed by atoms with Gasteiger partial charge in [0.1, 0.15) is 30.0 Å². The fourth-order valence-electron chi connectivity index (χ4n) is 6.05. The van der Waals surface area contributed by atoms with Gasteiger partial charge in [0.05, 0.1) is 28.7 Å². The first-order valence-corrected chi connectivity index (χ1v) is 15.9. The van der Waals surface area contributed by atoms with E-state index in [0.29, 0.717) is 35.7 Å². The molecule has 3 N–H and O–H groups in total. The topological polar surface area (TPSA) is 126 Å². The Labute approximate surface area is 271 Å². The molecule has 0 radical (unpaired) electrons. The van der Waals surface area contributed by atoms with E-state index in [2.05, 4.69) is 42.6 Å². The molecule has 0 amide bonds. The first-order chi connectivity index (χ1) is 22.4. The van der Waals surface area contributed by atoms with Gasteiger partial charge in [-0.25, -0.2) is 15.0 Å². The molecule has 4 aromatic rings. The zero-order chi connectivity index (χ0) is 33.2. The molecule has 4 aromatic heterocycles. The van der Waals surface area contributed by atoms with Gasteiger partial charge in [-0.15, -0.1) is 0 Å². The van der Waals surface area contributed by atoms with Crippen molar-refractivity contribution in [3.05, 3.63) is 54.7 Å². The second-order valence-corrected chi connectivity index (χ2v) is 12.9. The number of alkyl halides is 3. The van der Waals surface area contributed by atoms with E-state index in [-0.39, 0.29) is 18.0 Å². The number of aromatic nitrogens is 6. The van der Waals surface area contributed by atoms with Crippen LogP contribution in [0.3, 0.4) is 0 Å². The summed E-state index contributed by atoms with van der Waals surface area (Å²) in [5, 5.41) is 21.3. The number of nitrogens with zero attached hydrogens (tertiary/aromatic N) is 7. The number of likely N-dealkylation sites (tertiary alicyclic amines) is 1. The molecule has 11 nitrogen and oxygen atoms in total. The lowest BCUT2D eigenvalue weighted by molar-refractivity contribution is -0.142. The van der Waals surface area contributed by atoms with Crippen molar-refractivity contribution in [2.45, 2.75) is 82.8 Å². The zero-order valence-electron chi connectivity index (χ0n) is 26.8. The number of hydrogen-bond donors (Lipinski definition) is 3. The summed E-state index contributed by atoms with van der Waals surface area (Å²) in [6.45, 7) is 4.32. The predicted molar refractivity (Wildman–Crippen MR) is 172 cm³/mol. The molecule has 14 heteroatoms. The first kappa shape index (κ1) is 32.6. The molecular formula is C33H40F3N9O2. The number of anilines is 3. The fourth-order valence-corrected chi connectivity index (χ4v) is 6.05. The normalized spacial score (nSPS) is 21.0. The third kappa shape index (κ3) is 8.55. The minimum absolute atomic E-state index is 0.151. The Morgan fingerprint density at radius 3 is 2.47 bits per heavy atom. The van der Waals surface area contributed by atoms with Crippen LogP contribution in [-0.4, -0.2) is 83.8 Å².